The van der Waals surface area contributed by atoms with E-state index in [0.29, 0.717) is 11.3 Å². The first kappa shape index (κ1) is 14.5. The fourth-order valence-corrected chi connectivity index (χ4v) is 3.42. The molecule has 0 saturated carbocycles. The highest BCUT2D eigenvalue weighted by Gasteiger charge is 2.15. The molecule has 0 bridgehead atoms. The van der Waals surface area contributed by atoms with Crippen LogP contribution in [-0.2, 0) is 21.3 Å². The van der Waals surface area contributed by atoms with E-state index in [2.05, 4.69) is 0 Å². The number of hydrogen-bond donors (Lipinski definition) is 0. The van der Waals surface area contributed by atoms with E-state index in [1.807, 2.05) is 0 Å². The molecule has 0 aliphatic carbocycles. The van der Waals surface area contributed by atoms with Gasteiger partial charge in [0.25, 0.3) is 0 Å². The Bertz CT molecular complexity index is 696. The highest BCUT2D eigenvalue weighted by molar-refractivity contribution is 7.89. The van der Waals surface area contributed by atoms with Crippen LogP contribution in [0.2, 0.25) is 0 Å². The van der Waals surface area contributed by atoms with Gasteiger partial charge in [-0.05, 0) is 23.8 Å². The van der Waals surface area contributed by atoms with Gasteiger partial charge in [-0.15, -0.1) is 0 Å². The minimum Gasteiger partial charge on any atom is -0.497 e. The lowest BCUT2D eigenvalue weighted by atomic mass is 10.2. The van der Waals surface area contributed by atoms with Gasteiger partial charge in [-0.1, -0.05) is 30.3 Å². The van der Waals surface area contributed by atoms with Gasteiger partial charge in [0.05, 0.1) is 18.6 Å². The molecule has 20 heavy (non-hydrogen) atoms. The Morgan fingerprint density at radius 2 is 1.80 bits per heavy atom. The predicted octanol–water partition coefficient (Wildman–Crippen LogP) is 2.95. The SMILES string of the molecule is COc1cccc(CS(=O)(=O)Cc2ccccc2F)c1. The standard InChI is InChI=1S/C15H15FO3S/c1-19-14-7-4-5-12(9-14)10-20(17,18)11-13-6-2-3-8-15(13)16/h2-9H,10-11H2,1H3. The van der Waals surface area contributed by atoms with E-state index >= 15 is 0 Å². The van der Waals surface area contributed by atoms with Crippen molar-refractivity contribution < 1.29 is 17.5 Å². The Balaban J connectivity index is 2.17. The molecular formula is C15H15FO3S. The minimum atomic E-state index is -3.43. The molecule has 0 atom stereocenters. The molecule has 2 rings (SSSR count). The average molecular weight is 294 g/mol. The quantitative estimate of drug-likeness (QED) is 0.851. The molecule has 0 heterocycles. The van der Waals surface area contributed by atoms with Crippen LogP contribution in [0.15, 0.2) is 48.5 Å². The summed E-state index contributed by atoms with van der Waals surface area (Å²) in [6, 6.07) is 12.8. The zero-order chi connectivity index (χ0) is 14.6. The fourth-order valence-electron chi connectivity index (χ4n) is 1.92. The van der Waals surface area contributed by atoms with Gasteiger partial charge in [-0.2, -0.15) is 0 Å². The molecule has 0 radical (unpaired) electrons. The van der Waals surface area contributed by atoms with Gasteiger partial charge < -0.3 is 4.74 Å². The van der Waals surface area contributed by atoms with E-state index in [9.17, 15) is 12.8 Å². The Kier molecular flexibility index (Phi) is 4.39. The van der Waals surface area contributed by atoms with Gasteiger partial charge in [0.15, 0.2) is 9.84 Å². The molecule has 0 aliphatic heterocycles. The summed E-state index contributed by atoms with van der Waals surface area (Å²) in [4.78, 5) is 0. The zero-order valence-corrected chi connectivity index (χ0v) is 11.9. The van der Waals surface area contributed by atoms with Gasteiger partial charge in [-0.3, -0.25) is 0 Å². The van der Waals surface area contributed by atoms with Gasteiger partial charge in [0.1, 0.15) is 11.6 Å². The highest BCUT2D eigenvalue weighted by Crippen LogP contribution is 2.18. The maximum Gasteiger partial charge on any atom is 0.158 e. The molecule has 0 unspecified atom stereocenters. The number of methoxy groups -OCH3 is 1. The van der Waals surface area contributed by atoms with Crippen LogP contribution >= 0.6 is 0 Å². The number of ether oxygens (including phenoxy) is 1. The van der Waals surface area contributed by atoms with Gasteiger partial charge in [0, 0.05) is 5.56 Å². The molecule has 2 aromatic rings. The Hall–Kier alpha value is -1.88. The van der Waals surface area contributed by atoms with Crippen LogP contribution in [0, 0.1) is 5.82 Å². The highest BCUT2D eigenvalue weighted by atomic mass is 32.2. The maximum atomic E-state index is 13.5. The van der Waals surface area contributed by atoms with Crippen LogP contribution in [0.25, 0.3) is 0 Å². The van der Waals surface area contributed by atoms with Crippen molar-refractivity contribution in [2.45, 2.75) is 11.5 Å². The summed E-state index contributed by atoms with van der Waals surface area (Å²) in [5.41, 5.74) is 0.816. The molecule has 3 nitrogen and oxygen atoms in total. The average Bonchev–Trinajstić information content (AvgIpc) is 2.41. The minimum absolute atomic E-state index is 0.140. The normalized spacial score (nSPS) is 11.3. The summed E-state index contributed by atoms with van der Waals surface area (Å²) in [6.45, 7) is 0. The predicted molar refractivity (Wildman–Crippen MR) is 75.7 cm³/mol. The molecule has 0 amide bonds. The van der Waals surface area contributed by atoms with Crippen LogP contribution in [0.1, 0.15) is 11.1 Å². The Morgan fingerprint density at radius 1 is 1.05 bits per heavy atom. The van der Waals surface area contributed by atoms with Gasteiger partial charge in [0.2, 0.25) is 0 Å². The number of hydrogen-bond acceptors (Lipinski definition) is 3. The molecule has 106 valence electrons. The molecular weight excluding hydrogens is 279 g/mol. The van der Waals surface area contributed by atoms with E-state index in [1.54, 1.807) is 30.3 Å². The number of rotatable bonds is 5. The topological polar surface area (TPSA) is 43.4 Å². The summed E-state index contributed by atoms with van der Waals surface area (Å²) < 4.78 is 42.8. The first-order valence-corrected chi connectivity index (χ1v) is 7.89. The monoisotopic (exact) mass is 294 g/mol. The number of halogens is 1. The largest absolute Gasteiger partial charge is 0.497 e. The third-order valence-electron chi connectivity index (χ3n) is 2.85. The van der Waals surface area contributed by atoms with Crippen molar-refractivity contribution in [3.05, 3.63) is 65.5 Å². The van der Waals surface area contributed by atoms with Crippen molar-refractivity contribution >= 4 is 9.84 Å². The third kappa shape index (κ3) is 3.81. The molecule has 0 N–H and O–H groups in total. The van der Waals surface area contributed by atoms with Crippen LogP contribution in [0.4, 0.5) is 4.39 Å². The number of benzene rings is 2. The fraction of sp³-hybridized carbons (Fsp3) is 0.200. The van der Waals surface area contributed by atoms with Crippen molar-refractivity contribution in [1.29, 1.82) is 0 Å². The summed E-state index contributed by atoms with van der Waals surface area (Å²) >= 11 is 0. The molecule has 2 aromatic carbocycles. The first-order chi connectivity index (χ1) is 9.50. The van der Waals surface area contributed by atoms with Crippen molar-refractivity contribution in [2.24, 2.45) is 0 Å². The Labute approximate surface area is 117 Å². The van der Waals surface area contributed by atoms with Crippen molar-refractivity contribution in [3.8, 4) is 5.75 Å². The summed E-state index contributed by atoms with van der Waals surface area (Å²) in [5, 5.41) is 0. The van der Waals surface area contributed by atoms with Crippen molar-refractivity contribution in [2.75, 3.05) is 7.11 Å². The number of sulfone groups is 1. The summed E-state index contributed by atoms with van der Waals surface area (Å²) in [6.07, 6.45) is 0. The van der Waals surface area contributed by atoms with E-state index < -0.39 is 15.7 Å². The molecule has 0 aromatic heterocycles. The lowest BCUT2D eigenvalue weighted by molar-refractivity contribution is 0.414. The van der Waals surface area contributed by atoms with E-state index in [1.165, 1.54) is 25.3 Å². The van der Waals surface area contributed by atoms with Crippen molar-refractivity contribution in [3.63, 3.8) is 0 Å². The lowest BCUT2D eigenvalue weighted by Gasteiger charge is -2.07. The molecule has 0 aliphatic rings. The van der Waals surface area contributed by atoms with Gasteiger partial charge >= 0.3 is 0 Å². The second-order valence-corrected chi connectivity index (χ2v) is 6.54. The molecule has 0 saturated heterocycles. The van der Waals surface area contributed by atoms with Crippen LogP contribution in [0.5, 0.6) is 5.75 Å². The second kappa shape index (κ2) is 6.05. The molecule has 0 fully saturated rings. The van der Waals surface area contributed by atoms with Crippen molar-refractivity contribution in [1.82, 2.24) is 0 Å². The molecule has 5 heteroatoms. The smallest absolute Gasteiger partial charge is 0.158 e. The Morgan fingerprint density at radius 3 is 2.50 bits per heavy atom. The van der Waals surface area contributed by atoms with E-state index in [4.69, 9.17) is 4.74 Å². The van der Waals surface area contributed by atoms with Crippen LogP contribution < -0.4 is 4.74 Å². The first-order valence-electron chi connectivity index (χ1n) is 6.07. The van der Waals surface area contributed by atoms with Gasteiger partial charge in [-0.25, -0.2) is 12.8 Å². The van der Waals surface area contributed by atoms with Crippen LogP contribution in [0.3, 0.4) is 0 Å². The summed E-state index contributed by atoms with van der Waals surface area (Å²) in [5.74, 6) is -0.347. The zero-order valence-electron chi connectivity index (χ0n) is 11.0. The van der Waals surface area contributed by atoms with E-state index in [0.717, 1.165) is 0 Å². The second-order valence-electron chi connectivity index (χ2n) is 4.48. The molecule has 0 spiro atoms. The lowest BCUT2D eigenvalue weighted by Crippen LogP contribution is -2.09. The summed E-state index contributed by atoms with van der Waals surface area (Å²) in [7, 11) is -1.91. The van der Waals surface area contributed by atoms with E-state index in [-0.39, 0.29) is 17.1 Å². The third-order valence-corrected chi connectivity index (χ3v) is 4.38. The maximum absolute atomic E-state index is 13.5. The van der Waals surface area contributed by atoms with Crippen LogP contribution in [-0.4, -0.2) is 15.5 Å².